The predicted octanol–water partition coefficient (Wildman–Crippen LogP) is -0.188. The fourth-order valence-electron chi connectivity index (χ4n) is 3.08. The summed E-state index contributed by atoms with van der Waals surface area (Å²) in [5.74, 6) is 1.03. The molecule has 7 heteroatoms. The molecule has 5 N–H and O–H groups in total. The molecule has 9 atom stereocenters. The lowest BCUT2D eigenvalue weighted by Gasteiger charge is -2.31. The molecular formula is C14H29O6P. The Morgan fingerprint density at radius 1 is 0.952 bits per heavy atom. The van der Waals surface area contributed by atoms with E-state index in [1.807, 2.05) is 0 Å². The van der Waals surface area contributed by atoms with Gasteiger partial charge in [0.05, 0.1) is 24.4 Å². The Morgan fingerprint density at radius 3 is 1.71 bits per heavy atom. The fourth-order valence-corrected chi connectivity index (χ4v) is 3.35. The molecule has 0 radical (unpaired) electrons. The Kier molecular flexibility index (Phi) is 7.99. The Morgan fingerprint density at radius 2 is 1.43 bits per heavy atom. The first-order chi connectivity index (χ1) is 9.83. The summed E-state index contributed by atoms with van der Waals surface area (Å²) in [5, 5.41) is 45.4. The van der Waals surface area contributed by atoms with Gasteiger partial charge in [0.25, 0.3) is 0 Å². The highest BCUT2D eigenvalue weighted by Gasteiger charge is 2.38. The standard InChI is InChI=1S/C8H17O2P.C6H12O4/c1-3-6-4-7(10-11)8(9)5(6)2;7-3-1-2-4(8)6(10)5(3)9/h5-9H,3-4,11H2,1-2H3;3-10H,1-2H2. The lowest BCUT2D eigenvalue weighted by molar-refractivity contribution is -0.135. The van der Waals surface area contributed by atoms with Crippen LogP contribution in [-0.4, -0.2) is 62.2 Å². The lowest BCUT2D eigenvalue weighted by atomic mass is 9.90. The van der Waals surface area contributed by atoms with Crippen LogP contribution in [0.3, 0.4) is 0 Å². The van der Waals surface area contributed by atoms with E-state index in [1.165, 1.54) is 0 Å². The molecule has 0 aromatic carbocycles. The number of aliphatic hydroxyl groups is 5. The van der Waals surface area contributed by atoms with Gasteiger partial charge < -0.3 is 30.1 Å². The van der Waals surface area contributed by atoms with Crippen LogP contribution in [0.25, 0.3) is 0 Å². The first kappa shape index (κ1) is 19.2. The van der Waals surface area contributed by atoms with E-state index in [-0.39, 0.29) is 12.2 Å². The number of hydrogen-bond acceptors (Lipinski definition) is 6. The molecule has 0 aliphatic heterocycles. The van der Waals surface area contributed by atoms with Crippen molar-refractivity contribution in [3.8, 4) is 0 Å². The third-order valence-corrected chi connectivity index (χ3v) is 5.14. The second-order valence-corrected chi connectivity index (χ2v) is 6.39. The van der Waals surface area contributed by atoms with Gasteiger partial charge >= 0.3 is 0 Å². The van der Waals surface area contributed by atoms with Crippen LogP contribution in [0.1, 0.15) is 39.5 Å². The van der Waals surface area contributed by atoms with E-state index in [9.17, 15) is 5.11 Å². The molecule has 0 spiro atoms. The zero-order valence-corrected chi connectivity index (χ0v) is 13.8. The SMILES string of the molecule is CCC1CC(OP)C(O)C1C.OC1CCC(O)C(O)C1O. The van der Waals surface area contributed by atoms with Gasteiger partial charge in [-0.05, 0) is 31.1 Å². The largest absolute Gasteiger partial charge is 0.390 e. The highest BCUT2D eigenvalue weighted by atomic mass is 31.0. The number of aliphatic hydroxyl groups excluding tert-OH is 5. The van der Waals surface area contributed by atoms with Crippen molar-refractivity contribution in [1.29, 1.82) is 0 Å². The molecule has 0 aromatic heterocycles. The van der Waals surface area contributed by atoms with Crippen LogP contribution in [0.2, 0.25) is 0 Å². The summed E-state index contributed by atoms with van der Waals surface area (Å²) in [6, 6.07) is 0. The summed E-state index contributed by atoms with van der Waals surface area (Å²) >= 11 is 0. The summed E-state index contributed by atoms with van der Waals surface area (Å²) in [6.45, 7) is 4.27. The number of hydrogen-bond donors (Lipinski definition) is 5. The average Bonchev–Trinajstić information content (AvgIpc) is 2.77. The van der Waals surface area contributed by atoms with Crippen molar-refractivity contribution in [2.45, 2.75) is 76.2 Å². The Hall–Kier alpha value is 0.190. The van der Waals surface area contributed by atoms with Gasteiger partial charge in [0.1, 0.15) is 12.2 Å². The zero-order valence-electron chi connectivity index (χ0n) is 12.7. The normalized spacial score (nSPS) is 46.9. The van der Waals surface area contributed by atoms with Gasteiger partial charge in [0.2, 0.25) is 0 Å². The monoisotopic (exact) mass is 324 g/mol. The predicted molar refractivity (Wildman–Crippen MR) is 81.4 cm³/mol. The highest BCUT2D eigenvalue weighted by Crippen LogP contribution is 2.36. The van der Waals surface area contributed by atoms with Crippen molar-refractivity contribution in [2.24, 2.45) is 11.8 Å². The third kappa shape index (κ3) is 4.83. The van der Waals surface area contributed by atoms with Gasteiger partial charge in [-0.15, -0.1) is 0 Å². The van der Waals surface area contributed by atoms with Crippen molar-refractivity contribution in [3.05, 3.63) is 0 Å². The molecule has 0 saturated heterocycles. The van der Waals surface area contributed by atoms with E-state index < -0.39 is 24.4 Å². The van der Waals surface area contributed by atoms with E-state index >= 15 is 0 Å². The first-order valence-electron chi connectivity index (χ1n) is 7.59. The van der Waals surface area contributed by atoms with Crippen LogP contribution < -0.4 is 0 Å². The molecule has 0 amide bonds. The van der Waals surface area contributed by atoms with E-state index in [2.05, 4.69) is 23.3 Å². The van der Waals surface area contributed by atoms with E-state index in [0.29, 0.717) is 24.7 Å². The third-order valence-electron chi connectivity index (χ3n) is 4.79. The van der Waals surface area contributed by atoms with Gasteiger partial charge in [-0.2, -0.15) is 0 Å². The summed E-state index contributed by atoms with van der Waals surface area (Å²) < 4.78 is 5.09. The van der Waals surface area contributed by atoms with Gasteiger partial charge in [-0.1, -0.05) is 20.3 Å². The van der Waals surface area contributed by atoms with E-state index in [0.717, 1.165) is 12.8 Å². The van der Waals surface area contributed by atoms with Gasteiger partial charge in [-0.25, -0.2) is 0 Å². The second-order valence-electron chi connectivity index (χ2n) is 6.12. The topological polar surface area (TPSA) is 110 Å². The minimum absolute atomic E-state index is 0.0416. The molecule has 0 aromatic rings. The number of rotatable bonds is 2. The van der Waals surface area contributed by atoms with Crippen LogP contribution in [0.5, 0.6) is 0 Å². The summed E-state index contributed by atoms with van der Waals surface area (Å²) in [5.41, 5.74) is 0. The molecule has 0 heterocycles. The molecule has 126 valence electrons. The van der Waals surface area contributed by atoms with Crippen molar-refractivity contribution < 1.29 is 30.1 Å². The Labute approximate surface area is 128 Å². The maximum absolute atomic E-state index is 9.62. The van der Waals surface area contributed by atoms with Crippen LogP contribution in [0.4, 0.5) is 0 Å². The smallest absolute Gasteiger partial charge is 0.108 e. The van der Waals surface area contributed by atoms with Crippen molar-refractivity contribution in [1.82, 2.24) is 0 Å². The molecular weight excluding hydrogens is 295 g/mol. The molecule has 0 bridgehead atoms. The maximum Gasteiger partial charge on any atom is 0.108 e. The van der Waals surface area contributed by atoms with Crippen molar-refractivity contribution in [2.75, 3.05) is 0 Å². The minimum Gasteiger partial charge on any atom is -0.390 e. The fraction of sp³-hybridized carbons (Fsp3) is 1.00. The average molecular weight is 324 g/mol. The molecule has 2 aliphatic carbocycles. The Bertz CT molecular complexity index is 273. The Balaban J connectivity index is 0.000000211. The molecule has 21 heavy (non-hydrogen) atoms. The molecule has 2 fully saturated rings. The first-order valence-corrected chi connectivity index (χ1v) is 8.06. The van der Waals surface area contributed by atoms with Crippen molar-refractivity contribution >= 4 is 9.47 Å². The van der Waals surface area contributed by atoms with E-state index in [4.69, 9.17) is 24.9 Å². The van der Waals surface area contributed by atoms with Crippen LogP contribution >= 0.6 is 9.47 Å². The quantitative estimate of drug-likeness (QED) is 0.451. The van der Waals surface area contributed by atoms with Gasteiger partial charge in [0.15, 0.2) is 0 Å². The zero-order chi connectivity index (χ0) is 16.2. The molecule has 9 unspecified atom stereocenters. The summed E-state index contributed by atoms with van der Waals surface area (Å²) in [6.07, 6.45) is -1.55. The molecule has 2 saturated carbocycles. The van der Waals surface area contributed by atoms with Gasteiger partial charge in [-0.3, -0.25) is 0 Å². The van der Waals surface area contributed by atoms with E-state index in [1.54, 1.807) is 0 Å². The second kappa shape index (κ2) is 8.73. The molecule has 2 rings (SSSR count). The highest BCUT2D eigenvalue weighted by molar-refractivity contribution is 7.09. The van der Waals surface area contributed by atoms with Crippen LogP contribution in [0, 0.1) is 11.8 Å². The molecule has 6 nitrogen and oxygen atoms in total. The van der Waals surface area contributed by atoms with Gasteiger partial charge in [0, 0.05) is 9.47 Å². The summed E-state index contributed by atoms with van der Waals surface area (Å²) in [7, 11) is 2.24. The summed E-state index contributed by atoms with van der Waals surface area (Å²) in [4.78, 5) is 0. The lowest BCUT2D eigenvalue weighted by Crippen LogP contribution is -2.48. The molecule has 2 aliphatic rings. The minimum atomic E-state index is -1.19. The van der Waals surface area contributed by atoms with Crippen LogP contribution in [-0.2, 0) is 4.52 Å². The van der Waals surface area contributed by atoms with Crippen molar-refractivity contribution in [3.63, 3.8) is 0 Å². The van der Waals surface area contributed by atoms with Crippen LogP contribution in [0.15, 0.2) is 0 Å². The maximum atomic E-state index is 9.62.